The van der Waals surface area contributed by atoms with E-state index >= 15 is 0 Å². The summed E-state index contributed by atoms with van der Waals surface area (Å²) in [7, 11) is 0. The van der Waals surface area contributed by atoms with E-state index in [2.05, 4.69) is 12.1 Å². The number of amides is 2. The molecule has 2 aromatic carbocycles. The maximum Gasteiger partial charge on any atom is 0.253 e. The summed E-state index contributed by atoms with van der Waals surface area (Å²) in [5.74, 6) is 0.102. The molecule has 140 valence electrons. The van der Waals surface area contributed by atoms with Crippen molar-refractivity contribution < 1.29 is 14.3 Å². The Hall–Kier alpha value is -2.66. The first-order valence-electron chi connectivity index (χ1n) is 9.57. The molecule has 2 aliphatic heterocycles. The normalized spacial score (nSPS) is 19.9. The summed E-state index contributed by atoms with van der Waals surface area (Å²) in [4.78, 5) is 28.9. The van der Waals surface area contributed by atoms with Crippen LogP contribution < -0.4 is 0 Å². The van der Waals surface area contributed by atoms with Gasteiger partial charge in [-0.2, -0.15) is 0 Å². The van der Waals surface area contributed by atoms with Crippen LogP contribution in [-0.2, 0) is 9.53 Å². The number of carbonyl (C=O) groups is 2. The van der Waals surface area contributed by atoms with Gasteiger partial charge < -0.3 is 14.5 Å². The standard InChI is InChI=1S/C22H24N2O3/c25-21(19-10-8-18(9-11-19)17-5-2-1-3-6-17)23-12-14-24(15-13-23)22(26)20-7-4-16-27-20/h1-3,5-6,8-11,20H,4,7,12-16H2. The van der Waals surface area contributed by atoms with Crippen molar-refractivity contribution in [3.8, 4) is 11.1 Å². The van der Waals surface area contributed by atoms with Gasteiger partial charge in [-0.05, 0) is 36.1 Å². The van der Waals surface area contributed by atoms with Crippen LogP contribution >= 0.6 is 0 Å². The number of carbonyl (C=O) groups excluding carboxylic acids is 2. The zero-order valence-electron chi connectivity index (χ0n) is 15.3. The fourth-order valence-corrected chi connectivity index (χ4v) is 3.72. The van der Waals surface area contributed by atoms with Gasteiger partial charge in [-0.3, -0.25) is 9.59 Å². The molecular formula is C22H24N2O3. The molecule has 2 heterocycles. The van der Waals surface area contributed by atoms with Gasteiger partial charge in [0, 0.05) is 38.3 Å². The highest BCUT2D eigenvalue weighted by Gasteiger charge is 2.31. The van der Waals surface area contributed by atoms with Gasteiger partial charge in [0.2, 0.25) is 0 Å². The first-order chi connectivity index (χ1) is 13.2. The van der Waals surface area contributed by atoms with E-state index in [0.29, 0.717) is 38.3 Å². The van der Waals surface area contributed by atoms with Gasteiger partial charge in [-0.15, -0.1) is 0 Å². The monoisotopic (exact) mass is 364 g/mol. The minimum absolute atomic E-state index is 0.0267. The summed E-state index contributed by atoms with van der Waals surface area (Å²) < 4.78 is 5.49. The Morgan fingerprint density at radius 3 is 2.07 bits per heavy atom. The molecule has 2 aliphatic rings. The molecule has 0 spiro atoms. The van der Waals surface area contributed by atoms with E-state index in [0.717, 1.165) is 24.0 Å². The first-order valence-corrected chi connectivity index (χ1v) is 9.57. The maximum atomic E-state index is 12.8. The van der Waals surface area contributed by atoms with E-state index in [1.54, 1.807) is 0 Å². The van der Waals surface area contributed by atoms with Gasteiger partial charge in [-0.1, -0.05) is 42.5 Å². The van der Waals surface area contributed by atoms with Crippen LogP contribution in [0.25, 0.3) is 11.1 Å². The zero-order chi connectivity index (χ0) is 18.6. The van der Waals surface area contributed by atoms with Crippen LogP contribution in [0.5, 0.6) is 0 Å². The summed E-state index contributed by atoms with van der Waals surface area (Å²) in [6, 6.07) is 17.9. The summed E-state index contributed by atoms with van der Waals surface area (Å²) in [6.45, 7) is 2.96. The lowest BCUT2D eigenvalue weighted by atomic mass is 10.0. The number of ether oxygens (including phenoxy) is 1. The molecule has 2 saturated heterocycles. The van der Waals surface area contributed by atoms with Gasteiger partial charge >= 0.3 is 0 Å². The average molecular weight is 364 g/mol. The Morgan fingerprint density at radius 1 is 0.815 bits per heavy atom. The molecule has 1 atom stereocenters. The van der Waals surface area contributed by atoms with Crippen molar-refractivity contribution in [1.29, 1.82) is 0 Å². The molecule has 5 heteroatoms. The van der Waals surface area contributed by atoms with Crippen molar-refractivity contribution in [3.63, 3.8) is 0 Å². The zero-order valence-corrected chi connectivity index (χ0v) is 15.3. The molecule has 0 bridgehead atoms. The van der Waals surface area contributed by atoms with Crippen LogP contribution in [0.4, 0.5) is 0 Å². The summed E-state index contributed by atoms with van der Waals surface area (Å²) in [6.07, 6.45) is 1.48. The largest absolute Gasteiger partial charge is 0.368 e. The van der Waals surface area contributed by atoms with Crippen LogP contribution in [0, 0.1) is 0 Å². The smallest absolute Gasteiger partial charge is 0.253 e. The molecule has 2 amide bonds. The second-order valence-electron chi connectivity index (χ2n) is 7.06. The highest BCUT2D eigenvalue weighted by atomic mass is 16.5. The fraction of sp³-hybridized carbons (Fsp3) is 0.364. The summed E-state index contributed by atoms with van der Waals surface area (Å²) in [5.41, 5.74) is 2.92. The van der Waals surface area contributed by atoms with Crippen molar-refractivity contribution >= 4 is 11.8 Å². The van der Waals surface area contributed by atoms with Crippen LogP contribution in [0.15, 0.2) is 54.6 Å². The second-order valence-corrected chi connectivity index (χ2v) is 7.06. The average Bonchev–Trinajstić information content (AvgIpc) is 3.28. The van der Waals surface area contributed by atoms with E-state index < -0.39 is 0 Å². The van der Waals surface area contributed by atoms with Crippen LogP contribution in [0.2, 0.25) is 0 Å². The van der Waals surface area contributed by atoms with Crippen LogP contribution in [0.1, 0.15) is 23.2 Å². The SMILES string of the molecule is O=C(c1ccc(-c2ccccc2)cc1)N1CCN(C(=O)C2CCCO2)CC1. The number of nitrogens with zero attached hydrogens (tertiary/aromatic N) is 2. The molecule has 27 heavy (non-hydrogen) atoms. The molecule has 0 radical (unpaired) electrons. The molecule has 2 aromatic rings. The van der Waals surface area contributed by atoms with E-state index in [4.69, 9.17) is 4.74 Å². The third kappa shape index (κ3) is 3.88. The maximum absolute atomic E-state index is 12.8. The number of benzene rings is 2. The van der Waals surface area contributed by atoms with Gasteiger partial charge in [0.05, 0.1) is 0 Å². The van der Waals surface area contributed by atoms with E-state index in [1.165, 1.54) is 0 Å². The van der Waals surface area contributed by atoms with Gasteiger partial charge in [0.15, 0.2) is 0 Å². The van der Waals surface area contributed by atoms with Gasteiger partial charge in [0.1, 0.15) is 6.10 Å². The molecule has 0 aromatic heterocycles. The predicted octanol–water partition coefficient (Wildman–Crippen LogP) is 2.82. The minimum atomic E-state index is -0.280. The Bertz CT molecular complexity index is 790. The third-order valence-corrected chi connectivity index (χ3v) is 5.32. The highest BCUT2D eigenvalue weighted by Crippen LogP contribution is 2.21. The molecule has 0 N–H and O–H groups in total. The lowest BCUT2D eigenvalue weighted by Crippen LogP contribution is -2.52. The van der Waals surface area contributed by atoms with Crippen molar-refractivity contribution in [2.24, 2.45) is 0 Å². The lowest BCUT2D eigenvalue weighted by Gasteiger charge is -2.35. The van der Waals surface area contributed by atoms with Crippen molar-refractivity contribution in [1.82, 2.24) is 9.80 Å². The molecule has 2 fully saturated rings. The first kappa shape index (κ1) is 17.7. The van der Waals surface area contributed by atoms with Crippen molar-refractivity contribution in [2.75, 3.05) is 32.8 Å². The molecule has 5 nitrogen and oxygen atoms in total. The number of hydrogen-bond donors (Lipinski definition) is 0. The van der Waals surface area contributed by atoms with Gasteiger partial charge in [-0.25, -0.2) is 0 Å². The Balaban J connectivity index is 1.36. The number of rotatable bonds is 3. The molecular weight excluding hydrogens is 340 g/mol. The number of piperazine rings is 1. The lowest BCUT2D eigenvalue weighted by molar-refractivity contribution is -0.142. The molecule has 0 saturated carbocycles. The number of hydrogen-bond acceptors (Lipinski definition) is 3. The van der Waals surface area contributed by atoms with Crippen molar-refractivity contribution in [3.05, 3.63) is 60.2 Å². The quantitative estimate of drug-likeness (QED) is 0.842. The molecule has 0 aliphatic carbocycles. The minimum Gasteiger partial charge on any atom is -0.368 e. The predicted molar refractivity (Wildman–Crippen MR) is 103 cm³/mol. The van der Waals surface area contributed by atoms with E-state index in [9.17, 15) is 9.59 Å². The van der Waals surface area contributed by atoms with Crippen molar-refractivity contribution in [2.45, 2.75) is 18.9 Å². The van der Waals surface area contributed by atoms with Crippen LogP contribution in [-0.4, -0.2) is 60.5 Å². The van der Waals surface area contributed by atoms with E-state index in [-0.39, 0.29) is 17.9 Å². The topological polar surface area (TPSA) is 49.9 Å². The third-order valence-electron chi connectivity index (χ3n) is 5.32. The van der Waals surface area contributed by atoms with E-state index in [1.807, 2.05) is 52.3 Å². The highest BCUT2D eigenvalue weighted by molar-refractivity contribution is 5.95. The Morgan fingerprint density at radius 2 is 1.44 bits per heavy atom. The fourth-order valence-electron chi connectivity index (χ4n) is 3.72. The van der Waals surface area contributed by atoms with Gasteiger partial charge in [0.25, 0.3) is 11.8 Å². The molecule has 4 rings (SSSR count). The summed E-state index contributed by atoms with van der Waals surface area (Å²) >= 11 is 0. The second kappa shape index (κ2) is 7.92. The van der Waals surface area contributed by atoms with Crippen LogP contribution in [0.3, 0.4) is 0 Å². The summed E-state index contributed by atoms with van der Waals surface area (Å²) in [5, 5.41) is 0. The Labute approximate surface area is 159 Å². The Kier molecular flexibility index (Phi) is 5.21. The molecule has 1 unspecified atom stereocenters.